The van der Waals surface area contributed by atoms with Gasteiger partial charge in [0.25, 0.3) is 0 Å². The van der Waals surface area contributed by atoms with Gasteiger partial charge in [-0.1, -0.05) is 53.5 Å². The predicted octanol–water partition coefficient (Wildman–Crippen LogP) is 8.38. The maximum Gasteiger partial charge on any atom is 0.409 e. The standard InChI is InChI=1S/C33H30Cl2N4O2/c1-2-41-33(40)38-18-15-28(16-19-38)39-30-20-24(9-14-29(30)37-32(39)25-4-3-17-36-21-25)31(22-5-10-26(34)11-6-22)23-7-12-27(35)13-8-23/h3-14,17,20-21,28,31H,2,15-16,18-19H2,1H3. The molecule has 0 unspecified atom stereocenters. The Kier molecular flexibility index (Phi) is 7.95. The summed E-state index contributed by atoms with van der Waals surface area (Å²) in [4.78, 5) is 23.6. The Morgan fingerprint density at radius 2 is 1.56 bits per heavy atom. The number of carbonyl (C=O) groups excluding carboxylic acids is 1. The van der Waals surface area contributed by atoms with E-state index in [2.05, 4.69) is 52.0 Å². The molecular formula is C33H30Cl2N4O2. The van der Waals surface area contributed by atoms with Crippen molar-refractivity contribution >= 4 is 40.3 Å². The molecule has 1 fully saturated rings. The van der Waals surface area contributed by atoms with Crippen LogP contribution in [0.15, 0.2) is 91.3 Å². The van der Waals surface area contributed by atoms with E-state index in [-0.39, 0.29) is 18.1 Å². The molecule has 8 heteroatoms. The summed E-state index contributed by atoms with van der Waals surface area (Å²) < 4.78 is 7.60. The van der Waals surface area contributed by atoms with Crippen molar-refractivity contribution in [2.24, 2.45) is 0 Å². The zero-order valence-electron chi connectivity index (χ0n) is 22.7. The summed E-state index contributed by atoms with van der Waals surface area (Å²) >= 11 is 12.5. The van der Waals surface area contributed by atoms with Gasteiger partial charge in [-0.2, -0.15) is 0 Å². The summed E-state index contributed by atoms with van der Waals surface area (Å²) in [5, 5.41) is 1.40. The number of amides is 1. The molecule has 6 rings (SSSR count). The molecule has 0 atom stereocenters. The van der Waals surface area contributed by atoms with E-state index in [1.54, 1.807) is 11.1 Å². The molecule has 0 radical (unpaired) electrons. The number of piperidine rings is 1. The van der Waals surface area contributed by atoms with E-state index < -0.39 is 0 Å². The van der Waals surface area contributed by atoms with Crippen LogP contribution in [0.4, 0.5) is 4.79 Å². The lowest BCUT2D eigenvalue weighted by molar-refractivity contribution is 0.0931. The second-order valence-electron chi connectivity index (χ2n) is 10.2. The fourth-order valence-corrected chi connectivity index (χ4v) is 6.02. The lowest BCUT2D eigenvalue weighted by Crippen LogP contribution is -2.39. The van der Waals surface area contributed by atoms with Crippen molar-refractivity contribution in [3.8, 4) is 11.4 Å². The van der Waals surface area contributed by atoms with Crippen LogP contribution in [0.1, 0.15) is 48.4 Å². The number of nitrogens with zero attached hydrogens (tertiary/aromatic N) is 4. The molecule has 3 aromatic carbocycles. The number of carbonyl (C=O) groups is 1. The van der Waals surface area contributed by atoms with Crippen molar-refractivity contribution in [2.45, 2.75) is 31.7 Å². The van der Waals surface area contributed by atoms with Gasteiger partial charge in [0.05, 0.1) is 17.6 Å². The zero-order valence-corrected chi connectivity index (χ0v) is 24.2. The molecular weight excluding hydrogens is 555 g/mol. The van der Waals surface area contributed by atoms with Crippen molar-refractivity contribution in [1.29, 1.82) is 0 Å². The smallest absolute Gasteiger partial charge is 0.409 e. The molecule has 1 aliphatic rings. The third kappa shape index (κ3) is 5.67. The Morgan fingerprint density at radius 3 is 2.15 bits per heavy atom. The molecule has 0 aliphatic carbocycles. The Morgan fingerprint density at radius 1 is 0.927 bits per heavy atom. The van der Waals surface area contributed by atoms with Gasteiger partial charge in [-0.25, -0.2) is 9.78 Å². The van der Waals surface area contributed by atoms with Gasteiger partial charge in [-0.15, -0.1) is 0 Å². The van der Waals surface area contributed by atoms with Crippen molar-refractivity contribution in [1.82, 2.24) is 19.4 Å². The normalized spacial score (nSPS) is 14.1. The maximum atomic E-state index is 12.4. The molecule has 2 aromatic heterocycles. The van der Waals surface area contributed by atoms with Crippen LogP contribution >= 0.6 is 23.2 Å². The summed E-state index contributed by atoms with van der Waals surface area (Å²) in [6.07, 6.45) is 5.00. The SMILES string of the molecule is CCOC(=O)N1CCC(n2c(-c3cccnc3)nc3ccc(C(c4ccc(Cl)cc4)c4ccc(Cl)cc4)cc32)CC1. The molecule has 1 saturated heterocycles. The minimum absolute atomic E-state index is 0.0233. The van der Waals surface area contributed by atoms with Crippen LogP contribution in [0, 0.1) is 0 Å². The summed E-state index contributed by atoms with van der Waals surface area (Å²) in [5.41, 5.74) is 6.36. The molecule has 1 aliphatic heterocycles. The van der Waals surface area contributed by atoms with E-state index in [1.165, 1.54) is 0 Å². The van der Waals surface area contributed by atoms with Gasteiger partial charge in [-0.05, 0) is 85.0 Å². The zero-order chi connectivity index (χ0) is 28.3. The van der Waals surface area contributed by atoms with Crippen molar-refractivity contribution in [3.63, 3.8) is 0 Å². The van der Waals surface area contributed by atoms with E-state index in [0.29, 0.717) is 29.7 Å². The highest BCUT2D eigenvalue weighted by atomic mass is 35.5. The fourth-order valence-electron chi connectivity index (χ4n) is 5.77. The van der Waals surface area contributed by atoms with E-state index in [4.69, 9.17) is 32.9 Å². The van der Waals surface area contributed by atoms with Crippen LogP contribution < -0.4 is 0 Å². The third-order valence-corrected chi connectivity index (χ3v) is 8.23. The monoisotopic (exact) mass is 584 g/mol. The first-order chi connectivity index (χ1) is 20.0. The summed E-state index contributed by atoms with van der Waals surface area (Å²) in [5.74, 6) is 0.860. The average molecular weight is 586 g/mol. The van der Waals surface area contributed by atoms with Crippen LogP contribution in [0.3, 0.4) is 0 Å². The number of pyridine rings is 1. The number of fused-ring (bicyclic) bond motifs is 1. The number of likely N-dealkylation sites (tertiary alicyclic amines) is 1. The first kappa shape index (κ1) is 27.3. The van der Waals surface area contributed by atoms with Crippen molar-refractivity contribution in [3.05, 3.63) is 118 Å². The highest BCUT2D eigenvalue weighted by Gasteiger charge is 2.28. The molecule has 1 amide bonds. The highest BCUT2D eigenvalue weighted by Crippen LogP contribution is 2.38. The minimum Gasteiger partial charge on any atom is -0.450 e. The fraction of sp³-hybridized carbons (Fsp3) is 0.242. The van der Waals surface area contributed by atoms with E-state index in [0.717, 1.165) is 52.0 Å². The average Bonchev–Trinajstić information content (AvgIpc) is 3.39. The number of hydrogen-bond donors (Lipinski definition) is 0. The predicted molar refractivity (Wildman–Crippen MR) is 164 cm³/mol. The molecule has 0 spiro atoms. The van der Waals surface area contributed by atoms with Gasteiger partial charge in [0.2, 0.25) is 0 Å². The maximum absolute atomic E-state index is 12.4. The molecule has 6 nitrogen and oxygen atoms in total. The minimum atomic E-state index is -0.245. The first-order valence-corrected chi connectivity index (χ1v) is 14.6. The van der Waals surface area contributed by atoms with Gasteiger partial charge in [0.15, 0.2) is 0 Å². The quantitative estimate of drug-likeness (QED) is 0.188. The second-order valence-corrected chi connectivity index (χ2v) is 11.1. The molecule has 0 bridgehead atoms. The largest absolute Gasteiger partial charge is 0.450 e. The lowest BCUT2D eigenvalue weighted by atomic mass is 9.85. The van der Waals surface area contributed by atoms with Gasteiger partial charge in [0, 0.05) is 53.1 Å². The highest BCUT2D eigenvalue weighted by molar-refractivity contribution is 6.30. The summed E-state index contributed by atoms with van der Waals surface area (Å²) in [7, 11) is 0. The first-order valence-electron chi connectivity index (χ1n) is 13.9. The molecule has 208 valence electrons. The third-order valence-electron chi connectivity index (χ3n) is 7.73. The Balaban J connectivity index is 1.46. The Labute approximate surface area is 249 Å². The molecule has 0 N–H and O–H groups in total. The van der Waals surface area contributed by atoms with Crippen molar-refractivity contribution in [2.75, 3.05) is 19.7 Å². The number of imidazole rings is 1. The van der Waals surface area contributed by atoms with E-state index in [1.807, 2.05) is 49.5 Å². The van der Waals surface area contributed by atoms with Gasteiger partial charge in [0.1, 0.15) is 5.82 Å². The molecule has 5 aromatic rings. The second kappa shape index (κ2) is 11.9. The molecule has 41 heavy (non-hydrogen) atoms. The number of aromatic nitrogens is 3. The Bertz CT molecular complexity index is 1600. The van der Waals surface area contributed by atoms with Crippen LogP contribution in [0.2, 0.25) is 10.0 Å². The van der Waals surface area contributed by atoms with Crippen LogP contribution in [0.5, 0.6) is 0 Å². The molecule has 3 heterocycles. The number of ether oxygens (including phenoxy) is 1. The summed E-state index contributed by atoms with van der Waals surface area (Å²) in [6.45, 7) is 3.48. The lowest BCUT2D eigenvalue weighted by Gasteiger charge is -2.33. The van der Waals surface area contributed by atoms with Crippen molar-refractivity contribution < 1.29 is 9.53 Å². The number of hydrogen-bond acceptors (Lipinski definition) is 4. The molecule has 0 saturated carbocycles. The van der Waals surface area contributed by atoms with E-state index in [9.17, 15) is 4.79 Å². The number of rotatable bonds is 6. The summed E-state index contributed by atoms with van der Waals surface area (Å²) in [6, 6.07) is 26.7. The number of benzene rings is 3. The van der Waals surface area contributed by atoms with E-state index >= 15 is 0 Å². The topological polar surface area (TPSA) is 60.2 Å². The van der Waals surface area contributed by atoms with Gasteiger partial charge < -0.3 is 14.2 Å². The van der Waals surface area contributed by atoms with Crippen LogP contribution in [-0.2, 0) is 4.74 Å². The Hall–Kier alpha value is -3.87. The van der Waals surface area contributed by atoms with Crippen LogP contribution in [-0.4, -0.2) is 45.2 Å². The van der Waals surface area contributed by atoms with Crippen LogP contribution in [0.25, 0.3) is 22.4 Å². The van der Waals surface area contributed by atoms with Gasteiger partial charge >= 0.3 is 6.09 Å². The van der Waals surface area contributed by atoms with Gasteiger partial charge in [-0.3, -0.25) is 4.98 Å². The number of halogens is 2.